The molecule has 6 heteroatoms. The molecule has 98 valence electrons. The highest BCUT2D eigenvalue weighted by Crippen LogP contribution is 1.98. The lowest BCUT2D eigenvalue weighted by atomic mass is 10.2. The van der Waals surface area contributed by atoms with E-state index in [0.29, 0.717) is 13.0 Å². The van der Waals surface area contributed by atoms with E-state index in [2.05, 4.69) is 10.1 Å². The lowest BCUT2D eigenvalue weighted by Gasteiger charge is -2.07. The van der Waals surface area contributed by atoms with Crippen LogP contribution in [-0.2, 0) is 13.0 Å². The molecule has 0 aliphatic rings. The maximum Gasteiger partial charge on any atom is 0.261 e. The van der Waals surface area contributed by atoms with E-state index in [4.69, 9.17) is 10.9 Å². The summed E-state index contributed by atoms with van der Waals surface area (Å²) in [6.07, 6.45) is 4.02. The molecular formula is C13H14N4O2. The van der Waals surface area contributed by atoms with Crippen molar-refractivity contribution in [1.29, 1.82) is 0 Å². The fourth-order valence-electron chi connectivity index (χ4n) is 1.74. The quantitative estimate of drug-likeness (QED) is 0.363. The van der Waals surface area contributed by atoms with Gasteiger partial charge in [-0.25, -0.2) is 0 Å². The van der Waals surface area contributed by atoms with E-state index < -0.39 is 0 Å². The van der Waals surface area contributed by atoms with E-state index in [0.717, 1.165) is 5.69 Å². The molecule has 2 heterocycles. The van der Waals surface area contributed by atoms with Gasteiger partial charge >= 0.3 is 0 Å². The lowest BCUT2D eigenvalue weighted by Crippen LogP contribution is -2.30. The molecule has 0 saturated heterocycles. The molecule has 3 N–H and O–H groups in total. The first-order chi connectivity index (χ1) is 9.22. The number of hydrogen-bond acceptors (Lipinski definition) is 4. The van der Waals surface area contributed by atoms with Crippen molar-refractivity contribution < 1.29 is 5.21 Å². The van der Waals surface area contributed by atoms with Gasteiger partial charge in [0.1, 0.15) is 0 Å². The summed E-state index contributed by atoms with van der Waals surface area (Å²) in [6, 6.07) is 8.85. The Morgan fingerprint density at radius 3 is 2.89 bits per heavy atom. The minimum absolute atomic E-state index is 0.183. The monoisotopic (exact) mass is 258 g/mol. The minimum atomic E-state index is -0.284. The first-order valence-electron chi connectivity index (χ1n) is 5.79. The number of nitrogens with two attached hydrogens (primary N) is 1. The van der Waals surface area contributed by atoms with Gasteiger partial charge < -0.3 is 15.5 Å². The van der Waals surface area contributed by atoms with Crippen LogP contribution in [0.1, 0.15) is 11.3 Å². The average Bonchev–Trinajstić information content (AvgIpc) is 2.46. The largest absolute Gasteiger partial charge is 0.409 e. The molecule has 2 aromatic heterocycles. The lowest BCUT2D eigenvalue weighted by molar-refractivity contribution is 0.318. The Balaban J connectivity index is 2.20. The average molecular weight is 258 g/mol. The summed E-state index contributed by atoms with van der Waals surface area (Å²) in [4.78, 5) is 16.3. The Bertz CT molecular complexity index is 635. The summed E-state index contributed by atoms with van der Waals surface area (Å²) in [6.45, 7) is 0.488. The fourth-order valence-corrected chi connectivity index (χ4v) is 1.74. The van der Waals surface area contributed by atoms with E-state index in [1.165, 1.54) is 10.6 Å². The number of oxime groups is 1. The second kappa shape index (κ2) is 5.81. The number of rotatable bonds is 4. The Morgan fingerprint density at radius 2 is 2.21 bits per heavy atom. The Hall–Kier alpha value is -2.63. The van der Waals surface area contributed by atoms with Crippen molar-refractivity contribution in [3.05, 3.63) is 64.3 Å². The molecule has 0 unspecified atom stereocenters. The number of amidine groups is 1. The van der Waals surface area contributed by atoms with Crippen LogP contribution in [0.15, 0.2) is 52.7 Å². The molecule has 0 spiro atoms. The van der Waals surface area contributed by atoms with Crippen molar-refractivity contribution in [3.8, 4) is 0 Å². The summed E-state index contributed by atoms with van der Waals surface area (Å²) in [5.74, 6) is -0.183. The summed E-state index contributed by atoms with van der Waals surface area (Å²) in [5, 5.41) is 11.5. The zero-order valence-electron chi connectivity index (χ0n) is 10.2. The van der Waals surface area contributed by atoms with Gasteiger partial charge in [0.05, 0.1) is 5.56 Å². The highest BCUT2D eigenvalue weighted by atomic mass is 16.4. The van der Waals surface area contributed by atoms with Crippen molar-refractivity contribution in [2.45, 2.75) is 13.0 Å². The van der Waals surface area contributed by atoms with E-state index in [-0.39, 0.29) is 17.0 Å². The van der Waals surface area contributed by atoms with Crippen molar-refractivity contribution in [1.82, 2.24) is 9.55 Å². The summed E-state index contributed by atoms with van der Waals surface area (Å²) in [7, 11) is 0. The van der Waals surface area contributed by atoms with Crippen LogP contribution in [0.2, 0.25) is 0 Å². The van der Waals surface area contributed by atoms with Crippen LogP contribution in [0, 0.1) is 0 Å². The molecule has 0 radical (unpaired) electrons. The standard InChI is InChI=1S/C13H14N4O2/c14-12(16-19)11-5-3-8-17(13(11)18)9-6-10-4-1-2-7-15-10/h1-5,7-8,19H,6,9H2,(H2,14,16). The molecule has 0 saturated carbocycles. The summed E-state index contributed by atoms with van der Waals surface area (Å²) in [5.41, 5.74) is 6.25. The van der Waals surface area contributed by atoms with Gasteiger partial charge in [0, 0.05) is 31.1 Å². The van der Waals surface area contributed by atoms with Crippen LogP contribution in [0.5, 0.6) is 0 Å². The maximum absolute atomic E-state index is 12.1. The minimum Gasteiger partial charge on any atom is -0.409 e. The van der Waals surface area contributed by atoms with Crippen molar-refractivity contribution >= 4 is 5.84 Å². The number of pyridine rings is 2. The first-order valence-corrected chi connectivity index (χ1v) is 5.79. The van der Waals surface area contributed by atoms with Crippen LogP contribution in [0.3, 0.4) is 0 Å². The number of aromatic nitrogens is 2. The predicted octanol–water partition coefficient (Wildman–Crippen LogP) is 0.580. The Kier molecular flexibility index (Phi) is 3.92. The van der Waals surface area contributed by atoms with E-state index in [1.807, 2.05) is 18.2 Å². The molecule has 0 amide bonds. The van der Waals surface area contributed by atoms with Gasteiger partial charge in [-0.15, -0.1) is 0 Å². The normalized spacial score (nSPS) is 11.5. The number of hydrogen-bond donors (Lipinski definition) is 2. The molecule has 0 aliphatic carbocycles. The molecule has 0 fully saturated rings. The first kappa shape index (κ1) is 12.8. The van der Waals surface area contributed by atoms with E-state index >= 15 is 0 Å². The van der Waals surface area contributed by atoms with Crippen LogP contribution < -0.4 is 11.3 Å². The van der Waals surface area contributed by atoms with Crippen LogP contribution in [0.4, 0.5) is 0 Å². The molecule has 2 rings (SSSR count). The molecule has 0 bridgehead atoms. The predicted molar refractivity (Wildman–Crippen MR) is 71.2 cm³/mol. The highest BCUT2D eigenvalue weighted by molar-refractivity contribution is 5.96. The summed E-state index contributed by atoms with van der Waals surface area (Å²) < 4.78 is 1.52. The molecule has 0 aromatic carbocycles. The SMILES string of the molecule is N/C(=N/O)c1cccn(CCc2ccccn2)c1=O. The second-order valence-corrected chi connectivity index (χ2v) is 3.98. The second-order valence-electron chi connectivity index (χ2n) is 3.98. The zero-order chi connectivity index (χ0) is 13.7. The van der Waals surface area contributed by atoms with Crippen LogP contribution >= 0.6 is 0 Å². The molecule has 0 atom stereocenters. The van der Waals surface area contributed by atoms with Gasteiger partial charge in [-0.1, -0.05) is 11.2 Å². The molecule has 6 nitrogen and oxygen atoms in total. The zero-order valence-corrected chi connectivity index (χ0v) is 10.2. The van der Waals surface area contributed by atoms with Crippen LogP contribution in [0.25, 0.3) is 0 Å². The molecular weight excluding hydrogens is 244 g/mol. The number of aryl methyl sites for hydroxylation is 2. The van der Waals surface area contributed by atoms with Crippen molar-refractivity contribution in [2.24, 2.45) is 10.9 Å². The summed E-state index contributed by atoms with van der Waals surface area (Å²) >= 11 is 0. The Labute approximate surface area is 109 Å². The third-order valence-corrected chi connectivity index (χ3v) is 2.74. The van der Waals surface area contributed by atoms with E-state index in [1.54, 1.807) is 18.5 Å². The topological polar surface area (TPSA) is 93.5 Å². The molecule has 19 heavy (non-hydrogen) atoms. The third kappa shape index (κ3) is 2.98. The van der Waals surface area contributed by atoms with Gasteiger partial charge in [-0.05, 0) is 24.3 Å². The fraction of sp³-hybridized carbons (Fsp3) is 0.154. The van der Waals surface area contributed by atoms with Gasteiger partial charge in [-0.3, -0.25) is 9.78 Å². The third-order valence-electron chi connectivity index (χ3n) is 2.74. The smallest absolute Gasteiger partial charge is 0.261 e. The Morgan fingerprint density at radius 1 is 1.37 bits per heavy atom. The number of nitrogens with zero attached hydrogens (tertiary/aromatic N) is 3. The molecule has 0 aliphatic heterocycles. The maximum atomic E-state index is 12.1. The van der Waals surface area contributed by atoms with Gasteiger partial charge in [-0.2, -0.15) is 0 Å². The van der Waals surface area contributed by atoms with Gasteiger partial charge in [0.2, 0.25) is 0 Å². The van der Waals surface area contributed by atoms with Crippen molar-refractivity contribution in [2.75, 3.05) is 0 Å². The van der Waals surface area contributed by atoms with Gasteiger partial charge in [0.15, 0.2) is 5.84 Å². The van der Waals surface area contributed by atoms with Crippen LogP contribution in [-0.4, -0.2) is 20.6 Å². The molecule has 2 aromatic rings. The van der Waals surface area contributed by atoms with Crippen molar-refractivity contribution in [3.63, 3.8) is 0 Å². The highest BCUT2D eigenvalue weighted by Gasteiger charge is 2.07. The van der Waals surface area contributed by atoms with E-state index in [9.17, 15) is 4.79 Å². The van der Waals surface area contributed by atoms with Gasteiger partial charge in [0.25, 0.3) is 5.56 Å².